The maximum Gasteiger partial charge on any atom is 0.217 e. The van der Waals surface area contributed by atoms with Crippen molar-refractivity contribution in [3.05, 3.63) is 0 Å². The smallest absolute Gasteiger partial charge is 0.217 e. The van der Waals surface area contributed by atoms with Crippen molar-refractivity contribution in [2.45, 2.75) is 32.1 Å². The first-order valence-electron chi connectivity index (χ1n) is 4.54. The molecule has 2 aliphatic carbocycles. The van der Waals surface area contributed by atoms with E-state index in [-0.39, 0.29) is 5.91 Å². The van der Waals surface area contributed by atoms with Gasteiger partial charge in [-0.1, -0.05) is 6.42 Å². The van der Waals surface area contributed by atoms with Crippen LogP contribution in [0.4, 0.5) is 0 Å². The minimum absolute atomic E-state index is 0.109. The highest BCUT2D eigenvalue weighted by atomic mass is 16.1. The van der Waals surface area contributed by atoms with Crippen molar-refractivity contribution in [1.29, 1.82) is 0 Å². The molecule has 2 heteroatoms. The Bertz CT molecular complexity index is 178. The minimum atomic E-state index is -0.109. The molecule has 1 amide bonds. The van der Waals surface area contributed by atoms with Crippen LogP contribution in [0.15, 0.2) is 0 Å². The molecule has 0 spiro atoms. The Balaban J connectivity index is 1.92. The molecule has 2 fully saturated rings. The Labute approximate surface area is 67.1 Å². The van der Waals surface area contributed by atoms with Crippen molar-refractivity contribution >= 4 is 5.91 Å². The zero-order valence-corrected chi connectivity index (χ0v) is 6.75. The molecule has 2 saturated carbocycles. The lowest BCUT2D eigenvalue weighted by molar-refractivity contribution is -0.119. The van der Waals surface area contributed by atoms with Gasteiger partial charge in [0.1, 0.15) is 0 Å². The quantitative estimate of drug-likeness (QED) is 0.638. The molecule has 2 nitrogen and oxygen atoms in total. The second-order valence-electron chi connectivity index (χ2n) is 4.11. The third-order valence-corrected chi connectivity index (χ3v) is 3.35. The van der Waals surface area contributed by atoms with Gasteiger partial charge in [-0.3, -0.25) is 4.79 Å². The van der Waals surface area contributed by atoms with Crippen LogP contribution in [0.25, 0.3) is 0 Å². The van der Waals surface area contributed by atoms with Crippen molar-refractivity contribution in [3.63, 3.8) is 0 Å². The Kier molecular flexibility index (Phi) is 1.63. The number of fused-ring (bicyclic) bond motifs is 2. The Morgan fingerprint density at radius 2 is 2.18 bits per heavy atom. The van der Waals surface area contributed by atoms with Crippen LogP contribution in [0.2, 0.25) is 0 Å². The summed E-state index contributed by atoms with van der Waals surface area (Å²) >= 11 is 0. The number of carbonyl (C=O) groups excluding carboxylic acids is 1. The van der Waals surface area contributed by atoms with E-state index >= 15 is 0 Å². The van der Waals surface area contributed by atoms with E-state index in [0.29, 0.717) is 12.3 Å². The molecule has 11 heavy (non-hydrogen) atoms. The second kappa shape index (κ2) is 2.50. The Morgan fingerprint density at radius 3 is 2.64 bits per heavy atom. The average molecular weight is 153 g/mol. The molecule has 0 aliphatic heterocycles. The highest BCUT2D eigenvalue weighted by molar-refractivity contribution is 5.74. The van der Waals surface area contributed by atoms with Crippen LogP contribution >= 0.6 is 0 Å². The zero-order valence-electron chi connectivity index (χ0n) is 6.75. The number of amides is 1. The predicted molar refractivity (Wildman–Crippen MR) is 42.7 cm³/mol. The molecule has 0 unspecified atom stereocenters. The molecular weight excluding hydrogens is 138 g/mol. The van der Waals surface area contributed by atoms with Gasteiger partial charge in [0.2, 0.25) is 5.91 Å². The van der Waals surface area contributed by atoms with Crippen LogP contribution in [0.5, 0.6) is 0 Å². The van der Waals surface area contributed by atoms with Crippen LogP contribution in [0.1, 0.15) is 32.1 Å². The normalized spacial score (nSPS) is 41.3. The van der Waals surface area contributed by atoms with Gasteiger partial charge in [0.05, 0.1) is 0 Å². The van der Waals surface area contributed by atoms with E-state index in [9.17, 15) is 4.79 Å². The molecule has 0 aromatic heterocycles. The fraction of sp³-hybridized carbons (Fsp3) is 0.889. The highest BCUT2D eigenvalue weighted by Gasteiger charge is 2.39. The van der Waals surface area contributed by atoms with Gasteiger partial charge >= 0.3 is 0 Å². The van der Waals surface area contributed by atoms with Crippen LogP contribution in [-0.4, -0.2) is 5.91 Å². The van der Waals surface area contributed by atoms with Crippen LogP contribution in [-0.2, 0) is 4.79 Å². The molecule has 0 saturated heterocycles. The zero-order chi connectivity index (χ0) is 7.84. The maximum atomic E-state index is 10.7. The monoisotopic (exact) mass is 153 g/mol. The summed E-state index contributed by atoms with van der Waals surface area (Å²) in [4.78, 5) is 10.7. The molecule has 2 N–H and O–H groups in total. The van der Waals surface area contributed by atoms with Gasteiger partial charge in [0, 0.05) is 6.42 Å². The molecule has 0 aromatic rings. The molecule has 62 valence electrons. The summed E-state index contributed by atoms with van der Waals surface area (Å²) < 4.78 is 0. The number of primary amides is 1. The largest absolute Gasteiger partial charge is 0.370 e. The van der Waals surface area contributed by atoms with Gasteiger partial charge in [0.15, 0.2) is 0 Å². The molecule has 2 bridgehead atoms. The van der Waals surface area contributed by atoms with E-state index in [1.54, 1.807) is 0 Å². The number of carbonyl (C=O) groups is 1. The van der Waals surface area contributed by atoms with Gasteiger partial charge in [-0.05, 0) is 37.0 Å². The summed E-state index contributed by atoms with van der Waals surface area (Å²) in [6, 6.07) is 0. The van der Waals surface area contributed by atoms with Gasteiger partial charge in [0.25, 0.3) is 0 Å². The topological polar surface area (TPSA) is 43.1 Å². The SMILES string of the molecule is NC(=O)C[C@@H]1C[C@H]2CC[C@@H]1C2. The van der Waals surface area contributed by atoms with Crippen LogP contribution in [0, 0.1) is 17.8 Å². The third kappa shape index (κ3) is 1.26. The standard InChI is InChI=1S/C9H15NO/c10-9(11)5-8-4-6-1-2-7(8)3-6/h6-8H,1-5H2,(H2,10,11)/t6-,7+,8-/m0/s1. The highest BCUT2D eigenvalue weighted by Crippen LogP contribution is 2.49. The van der Waals surface area contributed by atoms with E-state index in [1.165, 1.54) is 25.7 Å². The van der Waals surface area contributed by atoms with E-state index in [2.05, 4.69) is 0 Å². The van der Waals surface area contributed by atoms with E-state index in [4.69, 9.17) is 5.73 Å². The summed E-state index contributed by atoms with van der Waals surface area (Å²) in [7, 11) is 0. The first-order valence-corrected chi connectivity index (χ1v) is 4.54. The summed E-state index contributed by atoms with van der Waals surface area (Å²) in [5.74, 6) is 2.31. The van der Waals surface area contributed by atoms with Crippen molar-refractivity contribution in [2.24, 2.45) is 23.5 Å². The maximum absolute atomic E-state index is 10.7. The molecular formula is C9H15NO. The van der Waals surface area contributed by atoms with Crippen molar-refractivity contribution in [3.8, 4) is 0 Å². The van der Waals surface area contributed by atoms with Crippen molar-refractivity contribution < 1.29 is 4.79 Å². The fourth-order valence-corrected chi connectivity index (χ4v) is 2.88. The van der Waals surface area contributed by atoms with Crippen molar-refractivity contribution in [1.82, 2.24) is 0 Å². The van der Waals surface area contributed by atoms with Gasteiger partial charge < -0.3 is 5.73 Å². The first kappa shape index (κ1) is 7.14. The number of rotatable bonds is 2. The van der Waals surface area contributed by atoms with Crippen LogP contribution < -0.4 is 5.73 Å². The van der Waals surface area contributed by atoms with Crippen LogP contribution in [0.3, 0.4) is 0 Å². The van der Waals surface area contributed by atoms with Gasteiger partial charge in [-0.15, -0.1) is 0 Å². The van der Waals surface area contributed by atoms with Crippen molar-refractivity contribution in [2.75, 3.05) is 0 Å². The fourth-order valence-electron chi connectivity index (χ4n) is 2.88. The molecule has 0 heterocycles. The number of nitrogens with two attached hydrogens (primary N) is 1. The molecule has 2 rings (SSSR count). The summed E-state index contributed by atoms with van der Waals surface area (Å²) in [6.07, 6.45) is 6.04. The lowest BCUT2D eigenvalue weighted by Gasteiger charge is -2.19. The van der Waals surface area contributed by atoms with Gasteiger partial charge in [-0.2, -0.15) is 0 Å². The number of hydrogen-bond acceptors (Lipinski definition) is 1. The second-order valence-corrected chi connectivity index (χ2v) is 4.11. The lowest BCUT2D eigenvalue weighted by atomic mass is 9.86. The third-order valence-electron chi connectivity index (χ3n) is 3.35. The summed E-state index contributed by atoms with van der Waals surface area (Å²) in [5.41, 5.74) is 5.17. The molecule has 0 radical (unpaired) electrons. The minimum Gasteiger partial charge on any atom is -0.370 e. The van der Waals surface area contributed by atoms with Gasteiger partial charge in [-0.25, -0.2) is 0 Å². The first-order chi connectivity index (χ1) is 5.25. The van der Waals surface area contributed by atoms with E-state index < -0.39 is 0 Å². The predicted octanol–water partition coefficient (Wildman–Crippen LogP) is 1.30. The Morgan fingerprint density at radius 1 is 1.36 bits per heavy atom. The van der Waals surface area contributed by atoms with E-state index in [1.807, 2.05) is 0 Å². The molecule has 2 aliphatic rings. The number of hydrogen-bond donors (Lipinski definition) is 1. The summed E-state index contributed by atoms with van der Waals surface area (Å²) in [5, 5.41) is 0. The molecule has 0 aromatic carbocycles. The Hall–Kier alpha value is -0.530. The lowest BCUT2D eigenvalue weighted by Crippen LogP contribution is -2.20. The molecule has 3 atom stereocenters. The van der Waals surface area contributed by atoms with E-state index in [0.717, 1.165) is 11.8 Å². The average Bonchev–Trinajstić information content (AvgIpc) is 2.45. The summed E-state index contributed by atoms with van der Waals surface area (Å²) in [6.45, 7) is 0.